The highest BCUT2D eigenvalue weighted by Crippen LogP contribution is 2.56. The third-order valence-electron chi connectivity index (χ3n) is 5.51. The molecule has 0 radical (unpaired) electrons. The normalized spacial score (nSPS) is 29.8. The van der Waals surface area contributed by atoms with Gasteiger partial charge in [0.25, 0.3) is 16.8 Å². The van der Waals surface area contributed by atoms with Gasteiger partial charge in [0.05, 0.1) is 0 Å². The molecule has 0 amide bonds. The number of halogens is 12. The van der Waals surface area contributed by atoms with E-state index in [-0.39, 0.29) is 0 Å². The number of carbonyl (C=O) groups excluding carboxylic acids is 6. The van der Waals surface area contributed by atoms with Crippen molar-refractivity contribution in [2.24, 2.45) is 0 Å². The Hall–Kier alpha value is 0.780. The van der Waals surface area contributed by atoms with Gasteiger partial charge < -0.3 is 29.5 Å². The third kappa shape index (κ3) is 7.03. The van der Waals surface area contributed by atoms with Crippen LogP contribution in [0.25, 0.3) is 0 Å². The van der Waals surface area contributed by atoms with Gasteiger partial charge in [-0.3, -0.25) is 14.4 Å². The van der Waals surface area contributed by atoms with Gasteiger partial charge in [-0.2, -0.15) is 0 Å². The van der Waals surface area contributed by atoms with Crippen LogP contribution in [0.15, 0.2) is 0 Å². The maximum Gasteiger partial charge on any atom is 0.340 e. The first kappa shape index (κ1) is 40.8. The van der Waals surface area contributed by atoms with Crippen LogP contribution < -0.4 is 0 Å². The average molecular weight is 846 g/mol. The Balaban J connectivity index is 4.89. The highest BCUT2D eigenvalue weighted by molar-refractivity contribution is 6.59. The largest absolute Gasteiger partial charge is 0.441 e. The molecule has 1 saturated carbocycles. The van der Waals surface area contributed by atoms with Gasteiger partial charge >= 0.3 is 17.9 Å². The standard InChI is InChI=1S/C18H12Cl12O12/c19-7(20)4(34)16(40-13(37)10(25)26)2(32)1(31)3(33)17(5(35)8(21)22,41-14(38)11(27)28)18(16,6(36)9(23)24)42-15(39)12(29)30/h1-3,7-12,31-33H. The second kappa shape index (κ2) is 15.6. The summed E-state index contributed by atoms with van der Waals surface area (Å²) in [5.74, 6) is -12.7. The Morgan fingerprint density at radius 3 is 0.952 bits per heavy atom. The molecule has 0 spiro atoms. The van der Waals surface area contributed by atoms with Crippen LogP contribution in [0, 0.1) is 0 Å². The number of aliphatic hydroxyl groups is 3. The van der Waals surface area contributed by atoms with Crippen molar-refractivity contribution < 1.29 is 58.3 Å². The van der Waals surface area contributed by atoms with Crippen molar-refractivity contribution in [3.05, 3.63) is 0 Å². The lowest BCUT2D eigenvalue weighted by Gasteiger charge is -2.61. The van der Waals surface area contributed by atoms with E-state index in [0.29, 0.717) is 0 Å². The molecule has 1 rings (SSSR count). The summed E-state index contributed by atoms with van der Waals surface area (Å²) in [5, 5.41) is 33.4. The summed E-state index contributed by atoms with van der Waals surface area (Å²) >= 11 is 67.5. The van der Waals surface area contributed by atoms with E-state index in [1.54, 1.807) is 0 Å². The van der Waals surface area contributed by atoms with Gasteiger partial charge in [-0.15, -0.1) is 0 Å². The van der Waals surface area contributed by atoms with Gasteiger partial charge in [0.2, 0.25) is 31.9 Å². The molecule has 4 unspecified atom stereocenters. The van der Waals surface area contributed by atoms with Gasteiger partial charge in [-0.25, -0.2) is 14.4 Å². The summed E-state index contributed by atoms with van der Waals surface area (Å²) in [6, 6.07) is 0. The van der Waals surface area contributed by atoms with E-state index in [4.69, 9.17) is 153 Å². The van der Waals surface area contributed by atoms with E-state index in [9.17, 15) is 44.1 Å². The molecule has 1 aliphatic carbocycles. The molecule has 12 nitrogen and oxygen atoms in total. The first-order chi connectivity index (χ1) is 19.0. The topological polar surface area (TPSA) is 191 Å². The number of hydrogen-bond donors (Lipinski definition) is 3. The molecule has 42 heavy (non-hydrogen) atoms. The Morgan fingerprint density at radius 1 is 0.452 bits per heavy atom. The minimum atomic E-state index is -4.49. The minimum absolute atomic E-state index is 2.03. The Kier molecular flexibility index (Phi) is 15.1. The van der Waals surface area contributed by atoms with E-state index in [1.165, 1.54) is 0 Å². The summed E-state index contributed by atoms with van der Waals surface area (Å²) < 4.78 is 14.9. The fourth-order valence-electron chi connectivity index (χ4n) is 4.00. The van der Waals surface area contributed by atoms with Crippen molar-refractivity contribution in [2.45, 2.75) is 64.1 Å². The zero-order chi connectivity index (χ0) is 33.3. The number of ketones is 3. The summed E-state index contributed by atoms with van der Waals surface area (Å²) in [4.78, 5) is 65.1. The first-order valence-electron chi connectivity index (χ1n) is 10.1. The van der Waals surface area contributed by atoms with Crippen LogP contribution in [0.5, 0.6) is 0 Å². The molecule has 0 aromatic heterocycles. The van der Waals surface area contributed by atoms with Crippen LogP contribution in [0.2, 0.25) is 0 Å². The Bertz CT molecular complexity index is 1040. The van der Waals surface area contributed by atoms with Crippen molar-refractivity contribution in [3.63, 3.8) is 0 Å². The van der Waals surface area contributed by atoms with Crippen molar-refractivity contribution in [1.29, 1.82) is 0 Å². The van der Waals surface area contributed by atoms with Crippen LogP contribution in [-0.4, -0.2) is 115 Å². The van der Waals surface area contributed by atoms with Crippen LogP contribution in [0.1, 0.15) is 0 Å². The van der Waals surface area contributed by atoms with Gasteiger partial charge in [0, 0.05) is 0 Å². The van der Waals surface area contributed by atoms with E-state index in [0.717, 1.165) is 0 Å². The van der Waals surface area contributed by atoms with Gasteiger partial charge in [0.15, 0.2) is 14.5 Å². The Morgan fingerprint density at radius 2 is 0.714 bits per heavy atom. The molecule has 0 aromatic rings. The molecular formula is C18H12Cl12O12. The molecule has 0 aliphatic heterocycles. The van der Waals surface area contributed by atoms with Gasteiger partial charge in [0.1, 0.15) is 18.3 Å². The molecule has 4 atom stereocenters. The number of esters is 3. The number of alkyl halides is 12. The molecule has 1 aliphatic rings. The molecule has 24 heteroatoms. The summed E-state index contributed by atoms with van der Waals surface area (Å²) in [6.45, 7) is 0. The van der Waals surface area contributed by atoms with Crippen molar-refractivity contribution in [1.82, 2.24) is 0 Å². The molecule has 240 valence electrons. The number of carbonyl (C=O) groups is 6. The maximum absolute atomic E-state index is 14.0. The highest BCUT2D eigenvalue weighted by Gasteiger charge is 2.89. The third-order valence-corrected chi connectivity index (χ3v) is 7.77. The van der Waals surface area contributed by atoms with E-state index in [1.807, 2.05) is 0 Å². The molecule has 0 aromatic carbocycles. The monoisotopic (exact) mass is 840 g/mol. The van der Waals surface area contributed by atoms with Crippen molar-refractivity contribution in [3.8, 4) is 0 Å². The summed E-state index contributed by atoms with van der Waals surface area (Å²) in [7, 11) is 0. The predicted octanol–water partition coefficient (Wildman–Crippen LogP) is 2.46. The molecule has 3 N–H and O–H groups in total. The maximum atomic E-state index is 14.0. The van der Waals surface area contributed by atoms with Crippen LogP contribution in [0.4, 0.5) is 0 Å². The van der Waals surface area contributed by atoms with E-state index < -0.39 is 99.4 Å². The zero-order valence-corrected chi connectivity index (χ0v) is 28.3. The fourth-order valence-corrected chi connectivity index (χ4v) is 5.22. The van der Waals surface area contributed by atoms with Gasteiger partial charge in [-0.1, -0.05) is 139 Å². The lowest BCUT2D eigenvalue weighted by Crippen LogP contribution is -2.92. The molecule has 0 bridgehead atoms. The lowest BCUT2D eigenvalue weighted by molar-refractivity contribution is -0.322. The van der Waals surface area contributed by atoms with Crippen LogP contribution in [0.3, 0.4) is 0 Å². The van der Waals surface area contributed by atoms with Crippen molar-refractivity contribution >= 4 is 174 Å². The predicted molar refractivity (Wildman–Crippen MR) is 152 cm³/mol. The van der Waals surface area contributed by atoms with Crippen LogP contribution >= 0.6 is 139 Å². The Labute approximate surface area is 294 Å². The molecule has 0 heterocycles. The quantitative estimate of drug-likeness (QED) is 0.148. The van der Waals surface area contributed by atoms with Crippen molar-refractivity contribution in [2.75, 3.05) is 0 Å². The average Bonchev–Trinajstić information content (AvgIpc) is 2.89. The number of hydrogen-bond acceptors (Lipinski definition) is 12. The smallest absolute Gasteiger partial charge is 0.340 e. The van der Waals surface area contributed by atoms with E-state index >= 15 is 0 Å². The molecule has 0 saturated heterocycles. The number of Topliss-reactive ketones (excluding diaryl/α,β-unsaturated/α-hetero) is 3. The summed E-state index contributed by atoms with van der Waals surface area (Å²) in [6.07, 6.45) is -9.61. The molecule has 1 fully saturated rings. The number of rotatable bonds is 12. The minimum Gasteiger partial charge on any atom is -0.441 e. The van der Waals surface area contributed by atoms with E-state index in [2.05, 4.69) is 0 Å². The second-order valence-electron chi connectivity index (χ2n) is 7.69. The SMILES string of the molecule is O=C(OC1(C(=O)C(Cl)Cl)C(O)C(O)C(O)C(OC(=O)C(Cl)Cl)(C(=O)C(Cl)Cl)C1(OC(=O)C(Cl)Cl)C(=O)C(Cl)Cl)C(Cl)Cl. The fraction of sp³-hybridized carbons (Fsp3) is 0.667. The summed E-state index contributed by atoms with van der Waals surface area (Å²) in [5.41, 5.74) is -13.0. The zero-order valence-electron chi connectivity index (χ0n) is 19.2. The van der Waals surface area contributed by atoms with Crippen LogP contribution in [-0.2, 0) is 43.0 Å². The lowest BCUT2D eigenvalue weighted by atomic mass is 9.54. The van der Waals surface area contributed by atoms with Gasteiger partial charge in [-0.05, 0) is 0 Å². The molecular weight excluding hydrogens is 834 g/mol. The first-order valence-corrected chi connectivity index (χ1v) is 15.3. The highest BCUT2D eigenvalue weighted by atomic mass is 35.6. The number of ether oxygens (including phenoxy) is 3. The second-order valence-corrected chi connectivity index (χ2v) is 14.3. The number of aliphatic hydroxyl groups excluding tert-OH is 3.